The number of carbonyl (C=O) groups excluding carboxylic acids is 1. The number of thiazole rings is 1. The second-order valence-corrected chi connectivity index (χ2v) is 6.53. The zero-order valence-corrected chi connectivity index (χ0v) is 14.3. The van der Waals surface area contributed by atoms with Crippen molar-refractivity contribution >= 4 is 22.2 Å². The van der Waals surface area contributed by atoms with Crippen molar-refractivity contribution < 1.29 is 13.6 Å². The van der Waals surface area contributed by atoms with Gasteiger partial charge in [0.25, 0.3) is 5.91 Å². The Morgan fingerprint density at radius 1 is 1.12 bits per heavy atom. The Labute approximate surface area is 151 Å². The fourth-order valence-corrected chi connectivity index (χ4v) is 3.45. The summed E-state index contributed by atoms with van der Waals surface area (Å²) in [6.45, 7) is 0.0788. The van der Waals surface area contributed by atoms with Gasteiger partial charge in [-0.25, -0.2) is 13.8 Å². The van der Waals surface area contributed by atoms with E-state index in [9.17, 15) is 13.6 Å². The minimum atomic E-state index is -0.941. The van der Waals surface area contributed by atoms with Crippen molar-refractivity contribution in [2.45, 2.75) is 6.54 Å². The molecule has 2 aromatic carbocycles. The molecule has 0 spiro atoms. The molecule has 2 heterocycles. The van der Waals surface area contributed by atoms with Crippen LogP contribution in [0.15, 0.2) is 60.1 Å². The molecule has 0 aliphatic carbocycles. The van der Waals surface area contributed by atoms with Crippen LogP contribution in [-0.2, 0) is 6.54 Å². The largest absolute Gasteiger partial charge is 0.347 e. The number of benzene rings is 2. The number of halogens is 2. The van der Waals surface area contributed by atoms with Crippen molar-refractivity contribution in [3.05, 3.63) is 83.0 Å². The molecule has 4 nitrogen and oxygen atoms in total. The summed E-state index contributed by atoms with van der Waals surface area (Å²) in [5.74, 6) is -2.23. The van der Waals surface area contributed by atoms with E-state index in [0.717, 1.165) is 17.7 Å². The van der Waals surface area contributed by atoms with Crippen LogP contribution in [0.4, 0.5) is 8.78 Å². The topological polar surface area (TPSA) is 46.4 Å². The number of rotatable bonds is 4. The monoisotopic (exact) mass is 369 g/mol. The average molecular weight is 369 g/mol. The number of aromatic nitrogens is 2. The van der Waals surface area contributed by atoms with Crippen molar-refractivity contribution in [2.24, 2.45) is 0 Å². The molecule has 0 radical (unpaired) electrons. The van der Waals surface area contributed by atoms with Crippen LogP contribution in [0.2, 0.25) is 0 Å². The molecule has 4 aromatic rings. The Morgan fingerprint density at radius 3 is 2.69 bits per heavy atom. The lowest BCUT2D eigenvalue weighted by Gasteiger charge is -2.07. The third-order valence-corrected chi connectivity index (χ3v) is 4.72. The minimum absolute atomic E-state index is 0.0788. The van der Waals surface area contributed by atoms with E-state index < -0.39 is 11.6 Å². The van der Waals surface area contributed by atoms with Crippen LogP contribution >= 0.6 is 11.3 Å². The van der Waals surface area contributed by atoms with Gasteiger partial charge in [-0.05, 0) is 17.7 Å². The maximum Gasteiger partial charge on any atom is 0.272 e. The van der Waals surface area contributed by atoms with E-state index in [1.807, 2.05) is 46.3 Å². The van der Waals surface area contributed by atoms with E-state index in [4.69, 9.17) is 0 Å². The summed E-state index contributed by atoms with van der Waals surface area (Å²) < 4.78 is 28.2. The third-order valence-electron chi connectivity index (χ3n) is 3.96. The van der Waals surface area contributed by atoms with Gasteiger partial charge in [0.15, 0.2) is 22.3 Å². The molecule has 4 rings (SSSR count). The van der Waals surface area contributed by atoms with Gasteiger partial charge >= 0.3 is 0 Å². The second-order valence-electron chi connectivity index (χ2n) is 5.66. The molecule has 1 amide bonds. The van der Waals surface area contributed by atoms with E-state index in [1.165, 1.54) is 17.4 Å². The van der Waals surface area contributed by atoms with Gasteiger partial charge in [0, 0.05) is 23.7 Å². The average Bonchev–Trinajstić information content (AvgIpc) is 3.24. The number of nitrogens with one attached hydrogen (secondary N) is 1. The number of carbonyl (C=O) groups is 1. The van der Waals surface area contributed by atoms with Crippen molar-refractivity contribution in [2.75, 3.05) is 0 Å². The normalized spacial score (nSPS) is 11.0. The van der Waals surface area contributed by atoms with Gasteiger partial charge in [0.2, 0.25) is 0 Å². The molecule has 0 unspecified atom stereocenters. The zero-order chi connectivity index (χ0) is 18.1. The van der Waals surface area contributed by atoms with E-state index in [2.05, 4.69) is 10.3 Å². The van der Waals surface area contributed by atoms with Gasteiger partial charge in [-0.1, -0.05) is 36.4 Å². The fraction of sp³-hybridized carbons (Fsp3) is 0.0526. The van der Waals surface area contributed by atoms with Gasteiger partial charge in [0.1, 0.15) is 0 Å². The molecule has 0 bridgehead atoms. The summed E-state index contributed by atoms with van der Waals surface area (Å²) in [5, 5.41) is 4.62. The van der Waals surface area contributed by atoms with Crippen molar-refractivity contribution in [1.29, 1.82) is 0 Å². The maximum absolute atomic E-state index is 13.3. The summed E-state index contributed by atoms with van der Waals surface area (Å²) in [7, 11) is 0. The summed E-state index contributed by atoms with van der Waals surface area (Å²) in [4.78, 5) is 17.8. The van der Waals surface area contributed by atoms with Crippen molar-refractivity contribution in [3.63, 3.8) is 0 Å². The molecule has 0 atom stereocenters. The van der Waals surface area contributed by atoms with Crippen LogP contribution in [0, 0.1) is 11.6 Å². The first-order chi connectivity index (χ1) is 12.6. The molecular formula is C19H13F2N3OS. The zero-order valence-electron chi connectivity index (χ0n) is 13.4. The van der Waals surface area contributed by atoms with E-state index in [0.29, 0.717) is 21.9 Å². The number of nitrogens with zero attached hydrogens (tertiary/aromatic N) is 2. The highest BCUT2D eigenvalue weighted by atomic mass is 32.1. The molecule has 0 saturated heterocycles. The first-order valence-electron chi connectivity index (χ1n) is 7.86. The predicted molar refractivity (Wildman–Crippen MR) is 96.0 cm³/mol. The van der Waals surface area contributed by atoms with Gasteiger partial charge in [-0.3, -0.25) is 9.20 Å². The number of imidazole rings is 1. The molecule has 0 fully saturated rings. The lowest BCUT2D eigenvalue weighted by Crippen LogP contribution is -2.24. The number of hydrogen-bond donors (Lipinski definition) is 1. The quantitative estimate of drug-likeness (QED) is 0.584. The Bertz CT molecular complexity index is 1090. The van der Waals surface area contributed by atoms with E-state index in [1.54, 1.807) is 0 Å². The molecule has 0 saturated carbocycles. The van der Waals surface area contributed by atoms with Gasteiger partial charge in [0.05, 0.1) is 5.69 Å². The molecule has 0 aliphatic rings. The standard InChI is InChI=1S/C19H13F2N3OS/c20-14-7-6-12(10-15(14)21)11-22-18(25)16-17(13-4-2-1-3-5-13)24-8-9-26-19(24)23-16/h1-10H,11H2,(H,22,25). The van der Waals surface area contributed by atoms with Gasteiger partial charge < -0.3 is 5.32 Å². The maximum atomic E-state index is 13.3. The summed E-state index contributed by atoms with van der Waals surface area (Å²) in [5.41, 5.74) is 2.34. The van der Waals surface area contributed by atoms with Crippen LogP contribution in [0.25, 0.3) is 16.2 Å². The van der Waals surface area contributed by atoms with Crippen LogP contribution < -0.4 is 5.32 Å². The van der Waals surface area contributed by atoms with Gasteiger partial charge in [-0.15, -0.1) is 11.3 Å². The number of amides is 1. The Hall–Kier alpha value is -3.06. The molecule has 7 heteroatoms. The SMILES string of the molecule is O=C(NCc1ccc(F)c(F)c1)c1nc2sccn2c1-c1ccccc1. The second kappa shape index (κ2) is 6.68. The van der Waals surface area contributed by atoms with Crippen molar-refractivity contribution in [3.8, 4) is 11.3 Å². The first-order valence-corrected chi connectivity index (χ1v) is 8.74. The minimum Gasteiger partial charge on any atom is -0.347 e. The number of fused-ring (bicyclic) bond motifs is 1. The highest BCUT2D eigenvalue weighted by molar-refractivity contribution is 7.15. The van der Waals surface area contributed by atoms with Crippen LogP contribution in [0.1, 0.15) is 16.1 Å². The van der Waals surface area contributed by atoms with Crippen LogP contribution in [-0.4, -0.2) is 15.3 Å². The highest BCUT2D eigenvalue weighted by Crippen LogP contribution is 2.27. The molecule has 130 valence electrons. The lowest BCUT2D eigenvalue weighted by atomic mass is 10.1. The summed E-state index contributed by atoms with van der Waals surface area (Å²) in [6, 6.07) is 13.0. The molecule has 0 aliphatic heterocycles. The third kappa shape index (κ3) is 2.97. The first kappa shape index (κ1) is 16.4. The van der Waals surface area contributed by atoms with E-state index in [-0.39, 0.29) is 12.5 Å². The van der Waals surface area contributed by atoms with Crippen molar-refractivity contribution in [1.82, 2.24) is 14.7 Å². The Morgan fingerprint density at radius 2 is 1.92 bits per heavy atom. The lowest BCUT2D eigenvalue weighted by molar-refractivity contribution is 0.0947. The Kier molecular flexibility index (Phi) is 4.22. The molecule has 26 heavy (non-hydrogen) atoms. The van der Waals surface area contributed by atoms with Gasteiger partial charge in [-0.2, -0.15) is 0 Å². The summed E-state index contributed by atoms with van der Waals surface area (Å²) in [6.07, 6.45) is 1.86. The summed E-state index contributed by atoms with van der Waals surface area (Å²) >= 11 is 1.43. The fourth-order valence-electron chi connectivity index (χ4n) is 2.73. The van der Waals surface area contributed by atoms with Crippen LogP contribution in [0.3, 0.4) is 0 Å². The van der Waals surface area contributed by atoms with Crippen LogP contribution in [0.5, 0.6) is 0 Å². The number of hydrogen-bond acceptors (Lipinski definition) is 3. The predicted octanol–water partition coefficient (Wildman–Crippen LogP) is 4.27. The molecular weight excluding hydrogens is 356 g/mol. The van der Waals surface area contributed by atoms with E-state index >= 15 is 0 Å². The Balaban J connectivity index is 1.64. The smallest absolute Gasteiger partial charge is 0.272 e. The molecule has 1 N–H and O–H groups in total. The highest BCUT2D eigenvalue weighted by Gasteiger charge is 2.20. The molecule has 2 aromatic heterocycles.